The molecule has 13 rings (SSSR count). The first-order valence-electron chi connectivity index (χ1n) is 18.7. The average Bonchev–Trinajstić information content (AvgIpc) is 3.98. The van der Waals surface area contributed by atoms with Crippen LogP contribution in [0.25, 0.3) is 119 Å². The maximum absolute atomic E-state index is 5.25. The zero-order chi connectivity index (χ0) is 35.8. The molecule has 0 amide bonds. The fraction of sp³-hybridized carbons (Fsp3) is 0. The second-order valence-electron chi connectivity index (χ2n) is 14.5. The van der Waals surface area contributed by atoms with E-state index in [0.717, 1.165) is 38.5 Å². The van der Waals surface area contributed by atoms with Crippen molar-refractivity contribution in [3.8, 4) is 28.3 Å². The predicted octanol–water partition coefficient (Wildman–Crippen LogP) is 13.6. The van der Waals surface area contributed by atoms with E-state index in [4.69, 9.17) is 9.97 Å². The summed E-state index contributed by atoms with van der Waals surface area (Å²) < 4.78 is 7.29. The van der Waals surface area contributed by atoms with Crippen LogP contribution in [-0.4, -0.2) is 18.9 Å². The molecule has 5 heterocycles. The smallest absolute Gasteiger partial charge is 0.160 e. The van der Waals surface area contributed by atoms with Crippen LogP contribution in [0.3, 0.4) is 0 Å². The van der Waals surface area contributed by atoms with Gasteiger partial charge in [-0.1, -0.05) is 109 Å². The molecule has 0 radical (unpaired) electrons. The van der Waals surface area contributed by atoms with Gasteiger partial charge in [-0.05, 0) is 71.4 Å². The van der Waals surface area contributed by atoms with Crippen molar-refractivity contribution in [1.29, 1.82) is 0 Å². The number of para-hydroxylation sites is 2. The van der Waals surface area contributed by atoms with Crippen molar-refractivity contribution in [2.24, 2.45) is 0 Å². The summed E-state index contributed by atoms with van der Waals surface area (Å²) in [5, 5.41) is 11.4. The number of hydrogen-bond acceptors (Lipinski definition) is 3. The van der Waals surface area contributed by atoms with Crippen molar-refractivity contribution >= 4 is 102 Å². The molecule has 0 aliphatic rings. The number of thiophene rings is 1. The van der Waals surface area contributed by atoms with Crippen LogP contribution in [0.2, 0.25) is 0 Å². The van der Waals surface area contributed by atoms with E-state index < -0.39 is 0 Å². The number of nitrogens with zero attached hydrogens (tertiary/aromatic N) is 4. The molecule has 0 bridgehead atoms. The van der Waals surface area contributed by atoms with Gasteiger partial charge in [-0.25, -0.2) is 9.97 Å². The first-order valence-corrected chi connectivity index (χ1v) is 19.5. The van der Waals surface area contributed by atoms with Crippen molar-refractivity contribution in [1.82, 2.24) is 18.9 Å². The third kappa shape index (κ3) is 3.94. The Morgan fingerprint density at radius 3 is 1.96 bits per heavy atom. The van der Waals surface area contributed by atoms with Gasteiger partial charge in [0.1, 0.15) is 0 Å². The summed E-state index contributed by atoms with van der Waals surface area (Å²) in [6, 6.07) is 61.5. The fourth-order valence-electron chi connectivity index (χ4n) is 9.25. The Balaban J connectivity index is 1.08. The van der Waals surface area contributed by atoms with Crippen molar-refractivity contribution in [2.75, 3.05) is 0 Å². The highest BCUT2D eigenvalue weighted by Crippen LogP contribution is 2.47. The number of aromatic nitrogens is 4. The van der Waals surface area contributed by atoms with E-state index in [1.807, 2.05) is 0 Å². The second kappa shape index (κ2) is 10.8. The molecule has 0 aliphatic carbocycles. The van der Waals surface area contributed by atoms with Crippen LogP contribution >= 0.6 is 11.3 Å². The van der Waals surface area contributed by atoms with Gasteiger partial charge in [0.05, 0.1) is 43.5 Å². The molecule has 0 aliphatic heterocycles. The summed E-state index contributed by atoms with van der Waals surface area (Å²) in [7, 11) is 0. The Hall–Kier alpha value is -7.08. The van der Waals surface area contributed by atoms with E-state index in [2.05, 4.69) is 179 Å². The molecule has 5 heteroatoms. The lowest BCUT2D eigenvalue weighted by molar-refractivity contribution is 1.18. The molecule has 254 valence electrons. The monoisotopic (exact) mass is 716 g/mol. The van der Waals surface area contributed by atoms with Crippen molar-refractivity contribution in [2.45, 2.75) is 0 Å². The van der Waals surface area contributed by atoms with Gasteiger partial charge in [-0.3, -0.25) is 0 Å². The molecule has 0 saturated heterocycles. The van der Waals surface area contributed by atoms with E-state index in [0.29, 0.717) is 0 Å². The largest absolute Gasteiger partial charge is 0.309 e. The minimum atomic E-state index is 0.732. The van der Waals surface area contributed by atoms with Crippen molar-refractivity contribution in [3.63, 3.8) is 0 Å². The van der Waals surface area contributed by atoms with Crippen LogP contribution in [-0.2, 0) is 0 Å². The molecular formula is C50H28N4S. The minimum absolute atomic E-state index is 0.732. The molecule has 4 nitrogen and oxygen atoms in total. The lowest BCUT2D eigenvalue weighted by Gasteiger charge is -2.10. The molecule has 0 fully saturated rings. The first kappa shape index (κ1) is 29.4. The maximum atomic E-state index is 5.25. The van der Waals surface area contributed by atoms with Gasteiger partial charge in [0.2, 0.25) is 0 Å². The topological polar surface area (TPSA) is 35.1 Å². The second-order valence-corrected chi connectivity index (χ2v) is 15.6. The third-order valence-electron chi connectivity index (χ3n) is 11.6. The quantitative estimate of drug-likeness (QED) is 0.182. The summed E-state index contributed by atoms with van der Waals surface area (Å²) >= 11 is 1.76. The van der Waals surface area contributed by atoms with Crippen LogP contribution in [0.5, 0.6) is 0 Å². The molecule has 0 saturated carbocycles. The highest BCUT2D eigenvalue weighted by Gasteiger charge is 2.24. The fourth-order valence-corrected chi connectivity index (χ4v) is 10.4. The Morgan fingerprint density at radius 1 is 0.436 bits per heavy atom. The Morgan fingerprint density at radius 2 is 1.13 bits per heavy atom. The van der Waals surface area contributed by atoms with Crippen LogP contribution in [0.4, 0.5) is 0 Å². The summed E-state index contributed by atoms with van der Waals surface area (Å²) in [5.41, 5.74) is 11.3. The van der Waals surface area contributed by atoms with Gasteiger partial charge < -0.3 is 8.97 Å². The van der Waals surface area contributed by atoms with Crippen molar-refractivity contribution in [3.05, 3.63) is 170 Å². The van der Waals surface area contributed by atoms with Crippen LogP contribution < -0.4 is 0 Å². The highest BCUT2D eigenvalue weighted by molar-refractivity contribution is 7.26. The SMILES string of the molecule is c1ccc(-c2nc(-c3ccc(-n4c5ccccc5c5c6c7cc8ccccc8cc7n7c8ccccc8c(cc54)c67)cc3)nc3c2sc2ccccc23)cc1. The predicted molar refractivity (Wildman–Crippen MR) is 232 cm³/mol. The van der Waals surface area contributed by atoms with E-state index in [1.165, 1.54) is 80.8 Å². The van der Waals surface area contributed by atoms with Crippen LogP contribution in [0.1, 0.15) is 0 Å². The summed E-state index contributed by atoms with van der Waals surface area (Å²) in [6.07, 6.45) is 0. The van der Waals surface area contributed by atoms with E-state index in [1.54, 1.807) is 11.3 Å². The van der Waals surface area contributed by atoms with Gasteiger partial charge in [0.25, 0.3) is 0 Å². The molecule has 0 atom stereocenters. The van der Waals surface area contributed by atoms with E-state index in [-0.39, 0.29) is 0 Å². The number of hydrogen-bond donors (Lipinski definition) is 0. The first-order chi connectivity index (χ1) is 27.3. The Labute approximate surface area is 318 Å². The summed E-state index contributed by atoms with van der Waals surface area (Å²) in [4.78, 5) is 10.5. The number of fused-ring (bicyclic) bond motifs is 14. The molecule has 8 aromatic carbocycles. The van der Waals surface area contributed by atoms with E-state index >= 15 is 0 Å². The molecule has 13 aromatic rings. The molecule has 5 aromatic heterocycles. The van der Waals surface area contributed by atoms with Crippen LogP contribution in [0.15, 0.2) is 170 Å². The normalized spacial score (nSPS) is 12.4. The van der Waals surface area contributed by atoms with Gasteiger partial charge >= 0.3 is 0 Å². The highest BCUT2D eigenvalue weighted by atomic mass is 32.1. The molecule has 0 unspecified atom stereocenters. The lowest BCUT2D eigenvalue weighted by Crippen LogP contribution is -1.96. The van der Waals surface area contributed by atoms with Gasteiger partial charge in [-0.15, -0.1) is 11.3 Å². The van der Waals surface area contributed by atoms with E-state index in [9.17, 15) is 0 Å². The van der Waals surface area contributed by atoms with Crippen LogP contribution in [0, 0.1) is 0 Å². The summed E-state index contributed by atoms with van der Waals surface area (Å²) in [5.74, 6) is 0.732. The number of rotatable bonds is 3. The van der Waals surface area contributed by atoms with Gasteiger partial charge in [0, 0.05) is 59.2 Å². The Bertz CT molecular complexity index is 3700. The Kier molecular flexibility index (Phi) is 5.74. The molecule has 0 N–H and O–H groups in total. The molecular weight excluding hydrogens is 689 g/mol. The summed E-state index contributed by atoms with van der Waals surface area (Å²) in [6.45, 7) is 0. The maximum Gasteiger partial charge on any atom is 0.160 e. The number of benzene rings is 8. The third-order valence-corrected chi connectivity index (χ3v) is 12.8. The van der Waals surface area contributed by atoms with Gasteiger partial charge in [0.15, 0.2) is 5.82 Å². The zero-order valence-electron chi connectivity index (χ0n) is 29.4. The zero-order valence-corrected chi connectivity index (χ0v) is 30.2. The lowest BCUT2D eigenvalue weighted by atomic mass is 10.0. The molecule has 55 heavy (non-hydrogen) atoms. The minimum Gasteiger partial charge on any atom is -0.309 e. The standard InChI is InChI=1S/C50H28N4S/c1-2-12-29(13-3-1)46-49-47(36-18-8-11-21-43(36)55-49)52-50(51-46)30-22-24-33(25-23-30)53-40-20-10-7-17-35(40)44-42(53)28-37-34-16-6-9-19-39(34)54-41-27-32-15-5-4-14-31(32)26-38(41)45(44)48(37)54/h1-28H. The average molecular weight is 717 g/mol. The molecule has 0 spiro atoms. The van der Waals surface area contributed by atoms with Gasteiger partial charge in [-0.2, -0.15) is 0 Å². The van der Waals surface area contributed by atoms with Crippen molar-refractivity contribution < 1.29 is 0 Å².